The highest BCUT2D eigenvalue weighted by molar-refractivity contribution is 6.19. The van der Waals surface area contributed by atoms with Crippen molar-refractivity contribution in [2.45, 2.75) is 20.0 Å². The summed E-state index contributed by atoms with van der Waals surface area (Å²) < 4.78 is 5.11. The standard InChI is InChI=1S/C20H21N3O3/c1-13(2)12-26-20(25)23-18-19(24)21-16-11-7-6-10-15(16)17(22-18)14-8-4-3-5-9-14/h3-11,13,18H,12H2,1-2H3,(H,21,24)(H,23,25). The van der Waals surface area contributed by atoms with Crippen molar-refractivity contribution < 1.29 is 14.3 Å². The van der Waals surface area contributed by atoms with Crippen LogP contribution in [0.1, 0.15) is 25.0 Å². The van der Waals surface area contributed by atoms with Gasteiger partial charge in [-0.25, -0.2) is 9.79 Å². The maximum atomic E-state index is 12.5. The van der Waals surface area contributed by atoms with Crippen molar-refractivity contribution in [2.24, 2.45) is 10.9 Å². The van der Waals surface area contributed by atoms with Gasteiger partial charge in [0.05, 0.1) is 18.0 Å². The summed E-state index contributed by atoms with van der Waals surface area (Å²) in [6, 6.07) is 17.0. The summed E-state index contributed by atoms with van der Waals surface area (Å²) in [6.45, 7) is 4.15. The molecule has 0 aliphatic carbocycles. The summed E-state index contributed by atoms with van der Waals surface area (Å²) in [5.41, 5.74) is 2.94. The maximum Gasteiger partial charge on any atom is 0.409 e. The molecule has 6 heteroatoms. The molecule has 6 nitrogen and oxygen atoms in total. The minimum atomic E-state index is -1.07. The van der Waals surface area contributed by atoms with Gasteiger partial charge in [0, 0.05) is 11.1 Å². The van der Waals surface area contributed by atoms with Crippen LogP contribution in [0.25, 0.3) is 0 Å². The first kappa shape index (κ1) is 17.7. The van der Waals surface area contributed by atoms with Crippen LogP contribution < -0.4 is 10.6 Å². The predicted molar refractivity (Wildman–Crippen MR) is 100 cm³/mol. The number of nitrogens with one attached hydrogen (secondary N) is 2. The summed E-state index contributed by atoms with van der Waals surface area (Å²) in [5, 5.41) is 5.36. The number of hydrogen-bond acceptors (Lipinski definition) is 4. The Labute approximate surface area is 152 Å². The van der Waals surface area contributed by atoms with Crippen molar-refractivity contribution >= 4 is 23.4 Å². The first-order valence-corrected chi connectivity index (χ1v) is 8.51. The number of para-hydroxylation sites is 1. The van der Waals surface area contributed by atoms with Crippen molar-refractivity contribution in [3.63, 3.8) is 0 Å². The van der Waals surface area contributed by atoms with E-state index < -0.39 is 18.2 Å². The van der Waals surface area contributed by atoms with E-state index in [-0.39, 0.29) is 12.5 Å². The number of rotatable bonds is 4. The molecule has 1 aliphatic rings. The van der Waals surface area contributed by atoms with Gasteiger partial charge < -0.3 is 10.1 Å². The van der Waals surface area contributed by atoms with Crippen molar-refractivity contribution in [3.8, 4) is 0 Å². The third-order valence-electron chi connectivity index (χ3n) is 3.80. The first-order valence-electron chi connectivity index (χ1n) is 8.51. The Bertz CT molecular complexity index is 831. The first-order chi connectivity index (χ1) is 12.5. The topological polar surface area (TPSA) is 79.8 Å². The molecule has 3 rings (SSSR count). The SMILES string of the molecule is CC(C)COC(=O)NC1N=C(c2ccccc2)c2ccccc2NC1=O. The van der Waals surface area contributed by atoms with Crippen LogP contribution in [0.3, 0.4) is 0 Å². The highest BCUT2D eigenvalue weighted by Gasteiger charge is 2.27. The van der Waals surface area contributed by atoms with Gasteiger partial charge in [-0.05, 0) is 12.0 Å². The fraction of sp³-hybridized carbons (Fsp3) is 0.250. The van der Waals surface area contributed by atoms with Crippen LogP contribution in [0.2, 0.25) is 0 Å². The number of amides is 2. The number of ether oxygens (including phenoxy) is 1. The zero-order valence-electron chi connectivity index (χ0n) is 14.7. The monoisotopic (exact) mass is 351 g/mol. The zero-order chi connectivity index (χ0) is 18.5. The second kappa shape index (κ2) is 7.82. The molecule has 0 radical (unpaired) electrons. The lowest BCUT2D eigenvalue weighted by Gasteiger charge is -2.14. The Morgan fingerprint density at radius 2 is 1.85 bits per heavy atom. The van der Waals surface area contributed by atoms with Gasteiger partial charge >= 0.3 is 6.09 Å². The van der Waals surface area contributed by atoms with Gasteiger partial charge in [0.25, 0.3) is 5.91 Å². The van der Waals surface area contributed by atoms with Crippen LogP contribution in [0.15, 0.2) is 59.6 Å². The van der Waals surface area contributed by atoms with Crippen LogP contribution in [-0.2, 0) is 9.53 Å². The molecule has 0 bridgehead atoms. The molecule has 1 aliphatic heterocycles. The summed E-state index contributed by atoms with van der Waals surface area (Å²) in [4.78, 5) is 29.1. The molecule has 0 saturated heterocycles. The highest BCUT2D eigenvalue weighted by Crippen LogP contribution is 2.23. The van der Waals surface area contributed by atoms with E-state index in [1.165, 1.54) is 0 Å². The number of benzodiazepines with no additional fused rings is 1. The van der Waals surface area contributed by atoms with E-state index in [1.54, 1.807) is 0 Å². The van der Waals surface area contributed by atoms with E-state index in [2.05, 4.69) is 15.6 Å². The van der Waals surface area contributed by atoms with Crippen LogP contribution in [0.4, 0.5) is 10.5 Å². The van der Waals surface area contributed by atoms with Gasteiger partial charge in [0.2, 0.25) is 6.17 Å². The molecular weight excluding hydrogens is 330 g/mol. The molecule has 1 unspecified atom stereocenters. The second-order valence-corrected chi connectivity index (χ2v) is 6.42. The number of carbonyl (C=O) groups excluding carboxylic acids is 2. The summed E-state index contributed by atoms with van der Waals surface area (Å²) >= 11 is 0. The normalized spacial score (nSPS) is 16.2. The van der Waals surface area contributed by atoms with Crippen molar-refractivity contribution in [3.05, 3.63) is 65.7 Å². The molecule has 2 amide bonds. The Balaban J connectivity index is 1.94. The lowest BCUT2D eigenvalue weighted by atomic mass is 10.0. The molecule has 0 spiro atoms. The largest absolute Gasteiger partial charge is 0.449 e. The third kappa shape index (κ3) is 4.08. The van der Waals surface area contributed by atoms with E-state index in [0.717, 1.165) is 11.1 Å². The number of benzene rings is 2. The van der Waals surface area contributed by atoms with Gasteiger partial charge in [-0.2, -0.15) is 0 Å². The van der Waals surface area contributed by atoms with Crippen LogP contribution in [0, 0.1) is 5.92 Å². The lowest BCUT2D eigenvalue weighted by Crippen LogP contribution is -2.42. The Kier molecular flexibility index (Phi) is 5.31. The van der Waals surface area contributed by atoms with Crippen LogP contribution >= 0.6 is 0 Å². The van der Waals surface area contributed by atoms with Crippen molar-refractivity contribution in [1.29, 1.82) is 0 Å². The molecule has 134 valence electrons. The number of anilines is 1. The van der Waals surface area contributed by atoms with Gasteiger partial charge in [0.15, 0.2) is 0 Å². The number of fused-ring (bicyclic) bond motifs is 1. The summed E-state index contributed by atoms with van der Waals surface area (Å²) in [5.74, 6) is -0.207. The molecule has 2 aromatic rings. The molecule has 1 atom stereocenters. The Morgan fingerprint density at radius 3 is 2.58 bits per heavy atom. The minimum Gasteiger partial charge on any atom is -0.449 e. The van der Waals surface area contributed by atoms with Crippen LogP contribution in [0.5, 0.6) is 0 Å². The van der Waals surface area contributed by atoms with E-state index in [4.69, 9.17) is 4.74 Å². The van der Waals surface area contributed by atoms with Gasteiger partial charge in [-0.3, -0.25) is 10.1 Å². The van der Waals surface area contributed by atoms with Gasteiger partial charge in [-0.15, -0.1) is 0 Å². The number of nitrogens with zero attached hydrogens (tertiary/aromatic N) is 1. The fourth-order valence-electron chi connectivity index (χ4n) is 2.58. The zero-order valence-corrected chi connectivity index (χ0v) is 14.7. The van der Waals surface area contributed by atoms with E-state index in [0.29, 0.717) is 11.4 Å². The molecule has 26 heavy (non-hydrogen) atoms. The van der Waals surface area contributed by atoms with E-state index >= 15 is 0 Å². The van der Waals surface area contributed by atoms with Gasteiger partial charge in [-0.1, -0.05) is 62.4 Å². The van der Waals surface area contributed by atoms with Crippen molar-refractivity contribution in [2.75, 3.05) is 11.9 Å². The van der Waals surface area contributed by atoms with Gasteiger partial charge in [0.1, 0.15) is 0 Å². The summed E-state index contributed by atoms with van der Waals surface area (Å²) in [7, 11) is 0. The van der Waals surface area contributed by atoms with Crippen LogP contribution in [-0.4, -0.2) is 30.5 Å². The van der Waals surface area contributed by atoms with E-state index in [9.17, 15) is 9.59 Å². The average molecular weight is 351 g/mol. The lowest BCUT2D eigenvalue weighted by molar-refractivity contribution is -0.117. The Hall–Kier alpha value is -3.15. The number of aliphatic imine (C=N–C) groups is 1. The number of hydrogen-bond donors (Lipinski definition) is 2. The molecular formula is C20H21N3O3. The third-order valence-corrected chi connectivity index (χ3v) is 3.80. The Morgan fingerprint density at radius 1 is 1.15 bits per heavy atom. The maximum absolute atomic E-state index is 12.5. The highest BCUT2D eigenvalue weighted by atomic mass is 16.5. The predicted octanol–water partition coefficient (Wildman–Crippen LogP) is 3.18. The number of carbonyl (C=O) groups is 2. The number of alkyl carbamates (subject to hydrolysis) is 1. The molecule has 0 fully saturated rings. The fourth-order valence-corrected chi connectivity index (χ4v) is 2.58. The summed E-state index contributed by atoms with van der Waals surface area (Å²) in [6.07, 6.45) is -1.74. The average Bonchev–Trinajstić information content (AvgIpc) is 2.77. The molecule has 0 aromatic heterocycles. The molecule has 0 saturated carbocycles. The minimum absolute atomic E-state index is 0.205. The smallest absolute Gasteiger partial charge is 0.409 e. The molecule has 2 N–H and O–H groups in total. The van der Waals surface area contributed by atoms with Crippen molar-refractivity contribution in [1.82, 2.24) is 5.32 Å². The van der Waals surface area contributed by atoms with E-state index in [1.807, 2.05) is 68.4 Å². The molecule has 1 heterocycles. The quantitative estimate of drug-likeness (QED) is 0.888. The molecule has 2 aromatic carbocycles. The second-order valence-electron chi connectivity index (χ2n) is 6.42.